The van der Waals surface area contributed by atoms with Crippen LogP contribution in [0.25, 0.3) is 6.08 Å². The van der Waals surface area contributed by atoms with Crippen molar-refractivity contribution in [2.24, 2.45) is 4.99 Å². The average Bonchev–Trinajstić information content (AvgIpc) is 2.67. The first-order valence-corrected chi connectivity index (χ1v) is 8.20. The van der Waals surface area contributed by atoms with Crippen molar-refractivity contribution >= 4 is 17.7 Å². The van der Waals surface area contributed by atoms with Gasteiger partial charge in [-0.25, -0.2) is 4.99 Å². The van der Waals surface area contributed by atoms with E-state index in [0.717, 1.165) is 11.1 Å². The second-order valence-electron chi connectivity index (χ2n) is 5.78. The number of amides is 1. The van der Waals surface area contributed by atoms with Gasteiger partial charge in [0.15, 0.2) is 0 Å². The molecule has 3 aromatic carbocycles. The summed E-state index contributed by atoms with van der Waals surface area (Å²) in [5, 5.41) is 0. The Morgan fingerprint density at radius 1 is 0.760 bits per heavy atom. The molecule has 0 unspecified atom stereocenters. The molecule has 0 aliphatic rings. The third-order valence-electron chi connectivity index (χ3n) is 3.82. The molecule has 0 aromatic heterocycles. The molecule has 0 aliphatic heterocycles. The van der Waals surface area contributed by atoms with Gasteiger partial charge in [0.25, 0.3) is 5.91 Å². The molecule has 0 heterocycles. The molecule has 0 spiro atoms. The standard InChI is InChI=1S/C23H19NO/c1-18-12-15-20(16-13-18)22(17-14-19-8-4-2-5-9-19)24-23(25)21-10-6-3-7-11-21/h2-17H,1H3/b17-14+,24-22?. The molecule has 3 rings (SSSR count). The fraction of sp³-hybridized carbons (Fsp3) is 0.0435. The molecule has 25 heavy (non-hydrogen) atoms. The van der Waals surface area contributed by atoms with Gasteiger partial charge in [0, 0.05) is 11.1 Å². The van der Waals surface area contributed by atoms with Crippen molar-refractivity contribution in [1.29, 1.82) is 0 Å². The van der Waals surface area contributed by atoms with Gasteiger partial charge in [0.2, 0.25) is 0 Å². The zero-order valence-corrected chi connectivity index (χ0v) is 14.1. The Labute approximate surface area is 148 Å². The van der Waals surface area contributed by atoms with E-state index in [9.17, 15) is 4.79 Å². The first-order valence-electron chi connectivity index (χ1n) is 8.20. The highest BCUT2D eigenvalue weighted by Gasteiger charge is 2.06. The predicted molar refractivity (Wildman–Crippen MR) is 104 cm³/mol. The first kappa shape index (κ1) is 16.6. The number of aryl methyl sites for hydroxylation is 1. The second kappa shape index (κ2) is 8.02. The molecule has 0 N–H and O–H groups in total. The van der Waals surface area contributed by atoms with Crippen molar-refractivity contribution in [3.05, 3.63) is 113 Å². The van der Waals surface area contributed by atoms with Crippen molar-refractivity contribution in [2.45, 2.75) is 6.92 Å². The number of benzene rings is 3. The summed E-state index contributed by atoms with van der Waals surface area (Å²) in [7, 11) is 0. The summed E-state index contributed by atoms with van der Waals surface area (Å²) in [6.45, 7) is 2.04. The van der Waals surface area contributed by atoms with Crippen LogP contribution in [-0.2, 0) is 0 Å². The van der Waals surface area contributed by atoms with Crippen LogP contribution >= 0.6 is 0 Å². The molecule has 0 atom stereocenters. The third kappa shape index (κ3) is 4.61. The van der Waals surface area contributed by atoms with Gasteiger partial charge in [0.1, 0.15) is 0 Å². The maximum absolute atomic E-state index is 12.5. The summed E-state index contributed by atoms with van der Waals surface area (Å²) in [6.07, 6.45) is 3.86. The topological polar surface area (TPSA) is 29.4 Å². The van der Waals surface area contributed by atoms with Gasteiger partial charge >= 0.3 is 0 Å². The van der Waals surface area contributed by atoms with E-state index in [1.165, 1.54) is 5.56 Å². The molecular formula is C23H19NO. The highest BCUT2D eigenvalue weighted by atomic mass is 16.1. The molecule has 0 fully saturated rings. The lowest BCUT2D eigenvalue weighted by atomic mass is 10.1. The smallest absolute Gasteiger partial charge is 0.267 e. The minimum absolute atomic E-state index is 0.242. The Morgan fingerprint density at radius 3 is 2.00 bits per heavy atom. The Morgan fingerprint density at radius 2 is 1.36 bits per heavy atom. The minimum Gasteiger partial charge on any atom is -0.267 e. The van der Waals surface area contributed by atoms with Crippen LogP contribution in [0.1, 0.15) is 27.0 Å². The second-order valence-corrected chi connectivity index (χ2v) is 5.78. The molecule has 3 aromatic rings. The van der Waals surface area contributed by atoms with Crippen molar-refractivity contribution in [3.63, 3.8) is 0 Å². The lowest BCUT2D eigenvalue weighted by molar-refractivity contribution is 0.100. The fourth-order valence-electron chi connectivity index (χ4n) is 2.42. The van der Waals surface area contributed by atoms with E-state index in [2.05, 4.69) is 4.99 Å². The Kier molecular flexibility index (Phi) is 5.32. The summed E-state index contributed by atoms with van der Waals surface area (Å²) in [6, 6.07) is 27.1. The number of rotatable bonds is 4. The number of carbonyl (C=O) groups is 1. The highest BCUT2D eigenvalue weighted by molar-refractivity contribution is 6.17. The Balaban J connectivity index is 1.96. The quantitative estimate of drug-likeness (QED) is 0.595. The number of nitrogens with zero attached hydrogens (tertiary/aromatic N) is 1. The molecule has 1 amide bonds. The van der Waals surface area contributed by atoms with Crippen LogP contribution in [0.4, 0.5) is 0 Å². The van der Waals surface area contributed by atoms with Gasteiger partial charge in [-0.15, -0.1) is 0 Å². The van der Waals surface area contributed by atoms with Crippen LogP contribution in [-0.4, -0.2) is 11.6 Å². The zero-order valence-electron chi connectivity index (χ0n) is 14.1. The zero-order chi connectivity index (χ0) is 17.5. The third-order valence-corrected chi connectivity index (χ3v) is 3.82. The normalized spacial score (nSPS) is 11.6. The SMILES string of the molecule is Cc1ccc(C(/C=C/c2ccccc2)=NC(=O)c2ccccc2)cc1. The number of hydrogen-bond donors (Lipinski definition) is 0. The molecule has 0 aliphatic carbocycles. The van der Waals surface area contributed by atoms with E-state index in [1.807, 2.05) is 91.9 Å². The number of aliphatic imine (C=N–C) groups is 1. The van der Waals surface area contributed by atoms with E-state index in [4.69, 9.17) is 0 Å². The fourth-order valence-corrected chi connectivity index (χ4v) is 2.42. The van der Waals surface area contributed by atoms with Crippen LogP contribution in [0.3, 0.4) is 0 Å². The minimum atomic E-state index is -0.242. The van der Waals surface area contributed by atoms with Crippen molar-refractivity contribution in [2.75, 3.05) is 0 Å². The number of hydrogen-bond acceptors (Lipinski definition) is 1. The van der Waals surface area contributed by atoms with E-state index in [1.54, 1.807) is 12.1 Å². The van der Waals surface area contributed by atoms with E-state index in [-0.39, 0.29) is 5.91 Å². The average molecular weight is 325 g/mol. The molecule has 0 saturated heterocycles. The van der Waals surface area contributed by atoms with E-state index in [0.29, 0.717) is 11.3 Å². The summed E-state index contributed by atoms with van der Waals surface area (Å²) >= 11 is 0. The predicted octanol–water partition coefficient (Wildman–Crippen LogP) is 5.34. The van der Waals surface area contributed by atoms with Crippen LogP contribution in [0, 0.1) is 6.92 Å². The van der Waals surface area contributed by atoms with Gasteiger partial charge in [-0.1, -0.05) is 84.4 Å². The largest absolute Gasteiger partial charge is 0.277 e. The lowest BCUT2D eigenvalue weighted by Crippen LogP contribution is -2.03. The van der Waals surface area contributed by atoms with Crippen LogP contribution in [0.5, 0.6) is 0 Å². The first-order chi connectivity index (χ1) is 12.2. The molecule has 0 bridgehead atoms. The molecule has 0 saturated carbocycles. The number of allylic oxidation sites excluding steroid dienone is 1. The summed E-state index contributed by atoms with van der Waals surface area (Å²) in [4.78, 5) is 16.8. The van der Waals surface area contributed by atoms with Gasteiger partial charge in [-0.2, -0.15) is 0 Å². The van der Waals surface area contributed by atoms with Gasteiger partial charge in [-0.3, -0.25) is 4.79 Å². The summed E-state index contributed by atoms with van der Waals surface area (Å²) < 4.78 is 0. The van der Waals surface area contributed by atoms with E-state index >= 15 is 0 Å². The maximum Gasteiger partial charge on any atom is 0.277 e. The van der Waals surface area contributed by atoms with Crippen LogP contribution in [0.15, 0.2) is 96.0 Å². The molecule has 0 radical (unpaired) electrons. The lowest BCUT2D eigenvalue weighted by Gasteiger charge is -2.03. The van der Waals surface area contributed by atoms with E-state index < -0.39 is 0 Å². The van der Waals surface area contributed by atoms with Crippen LogP contribution in [0.2, 0.25) is 0 Å². The summed E-state index contributed by atoms with van der Waals surface area (Å²) in [5.41, 5.74) is 4.39. The van der Waals surface area contributed by atoms with Crippen molar-refractivity contribution < 1.29 is 4.79 Å². The highest BCUT2D eigenvalue weighted by Crippen LogP contribution is 2.10. The molecule has 2 heteroatoms. The van der Waals surface area contributed by atoms with Crippen molar-refractivity contribution in [1.82, 2.24) is 0 Å². The van der Waals surface area contributed by atoms with Gasteiger partial charge < -0.3 is 0 Å². The molecule has 2 nitrogen and oxygen atoms in total. The molecule has 122 valence electrons. The number of carbonyl (C=O) groups excluding carboxylic acids is 1. The summed E-state index contributed by atoms with van der Waals surface area (Å²) in [5.74, 6) is -0.242. The Bertz CT molecular complexity index is 892. The van der Waals surface area contributed by atoms with Crippen LogP contribution < -0.4 is 0 Å². The van der Waals surface area contributed by atoms with Gasteiger partial charge in [0.05, 0.1) is 5.71 Å². The van der Waals surface area contributed by atoms with Gasteiger partial charge in [-0.05, 0) is 30.7 Å². The monoisotopic (exact) mass is 325 g/mol. The molecular weight excluding hydrogens is 306 g/mol. The van der Waals surface area contributed by atoms with Crippen molar-refractivity contribution in [3.8, 4) is 0 Å². The maximum atomic E-state index is 12.5. The Hall–Kier alpha value is -3.26.